The summed E-state index contributed by atoms with van der Waals surface area (Å²) >= 11 is 0. The third-order valence-corrected chi connectivity index (χ3v) is 11.9. The van der Waals surface area contributed by atoms with Crippen LogP contribution in [-0.4, -0.2) is 0 Å². The molecule has 0 N–H and O–H groups in total. The van der Waals surface area contributed by atoms with Crippen LogP contribution in [0.3, 0.4) is 0 Å². The van der Waals surface area contributed by atoms with Crippen molar-refractivity contribution in [2.45, 2.75) is 0 Å². The Morgan fingerprint density at radius 2 is 0.593 bits per heavy atom. The topological polar surface area (TPSA) is 0 Å². The first kappa shape index (κ1) is 29.5. The molecule has 0 amide bonds. The molecule has 248 valence electrons. The van der Waals surface area contributed by atoms with Gasteiger partial charge in [-0.05, 0) is 144 Å². The lowest BCUT2D eigenvalue weighted by atomic mass is 9.77. The first-order chi connectivity index (χ1) is 26.8. The SMILES string of the molecule is c1ccc(-c2cc3c(-c4ccc5ccccc5c4)c4cccc5c(-c6ccccc6)cc6c(-c7ccc8ccccc8c7)c7cccc2c7c3c6c54)cc1. The lowest BCUT2D eigenvalue weighted by molar-refractivity contribution is 1.66. The maximum Gasteiger partial charge on any atom is -0.000696 e. The molecule has 0 atom stereocenters. The molecule has 0 aliphatic carbocycles. The minimum Gasteiger partial charge on any atom is -0.0622 e. The molecule has 0 unspecified atom stereocenters. The minimum absolute atomic E-state index is 1.23. The minimum atomic E-state index is 1.23. The van der Waals surface area contributed by atoms with Gasteiger partial charge in [-0.1, -0.05) is 170 Å². The van der Waals surface area contributed by atoms with Crippen LogP contribution in [-0.2, 0) is 0 Å². The van der Waals surface area contributed by atoms with Crippen LogP contribution in [0.4, 0.5) is 0 Å². The summed E-state index contributed by atoms with van der Waals surface area (Å²) in [7, 11) is 0. The Morgan fingerprint density at radius 1 is 0.204 bits per heavy atom. The van der Waals surface area contributed by atoms with E-state index >= 15 is 0 Å². The predicted molar refractivity (Wildman–Crippen MR) is 233 cm³/mol. The molecule has 12 aromatic rings. The van der Waals surface area contributed by atoms with Gasteiger partial charge in [-0.15, -0.1) is 0 Å². The molecule has 12 aromatic carbocycles. The largest absolute Gasteiger partial charge is 0.0622 e. The van der Waals surface area contributed by atoms with Crippen molar-refractivity contribution >= 4 is 75.4 Å². The number of hydrogen-bond donors (Lipinski definition) is 0. The molecule has 0 radical (unpaired) electrons. The highest BCUT2D eigenvalue weighted by Crippen LogP contribution is 2.55. The highest BCUT2D eigenvalue weighted by molar-refractivity contribution is 6.44. The highest BCUT2D eigenvalue weighted by atomic mass is 14.3. The molecule has 0 spiro atoms. The molecule has 0 aromatic heterocycles. The van der Waals surface area contributed by atoms with E-state index in [9.17, 15) is 0 Å². The zero-order valence-electron chi connectivity index (χ0n) is 29.5. The molecule has 0 fully saturated rings. The third kappa shape index (κ3) is 4.14. The Morgan fingerprint density at radius 3 is 1.04 bits per heavy atom. The van der Waals surface area contributed by atoms with Crippen LogP contribution < -0.4 is 0 Å². The fourth-order valence-electron chi connectivity index (χ4n) is 9.60. The van der Waals surface area contributed by atoms with Crippen molar-refractivity contribution in [3.8, 4) is 44.5 Å². The summed E-state index contributed by atoms with van der Waals surface area (Å²) in [6, 6.07) is 72.4. The van der Waals surface area contributed by atoms with E-state index in [0.29, 0.717) is 0 Å². The average molecular weight is 681 g/mol. The fraction of sp³-hybridized carbons (Fsp3) is 0. The first-order valence-electron chi connectivity index (χ1n) is 18.8. The molecule has 12 rings (SSSR count). The molecule has 0 bridgehead atoms. The van der Waals surface area contributed by atoms with E-state index in [1.807, 2.05) is 0 Å². The quantitative estimate of drug-likeness (QED) is 0.128. The zero-order chi connectivity index (χ0) is 35.3. The number of rotatable bonds is 4. The second-order valence-electron chi connectivity index (χ2n) is 14.8. The first-order valence-corrected chi connectivity index (χ1v) is 18.8. The second-order valence-corrected chi connectivity index (χ2v) is 14.8. The summed E-state index contributed by atoms with van der Waals surface area (Å²) in [6.07, 6.45) is 0. The molecule has 0 heteroatoms. The van der Waals surface area contributed by atoms with Gasteiger partial charge in [-0.25, -0.2) is 0 Å². The van der Waals surface area contributed by atoms with Crippen molar-refractivity contribution < 1.29 is 0 Å². The van der Waals surface area contributed by atoms with Crippen molar-refractivity contribution in [1.29, 1.82) is 0 Å². The smallest absolute Gasteiger partial charge is 0.000696 e. The molecule has 0 aliphatic rings. The molecular weight excluding hydrogens is 649 g/mol. The Labute approximate surface area is 312 Å². The van der Waals surface area contributed by atoms with Gasteiger partial charge in [0.05, 0.1) is 0 Å². The van der Waals surface area contributed by atoms with Crippen LogP contribution in [0.25, 0.3) is 120 Å². The Balaban J connectivity index is 1.37. The van der Waals surface area contributed by atoms with Gasteiger partial charge in [0.2, 0.25) is 0 Å². The molecule has 0 saturated heterocycles. The summed E-state index contributed by atoms with van der Waals surface area (Å²) in [6.45, 7) is 0. The predicted octanol–water partition coefficient (Wildman–Crippen LogP) is 15.3. The van der Waals surface area contributed by atoms with Crippen molar-refractivity contribution in [3.05, 3.63) is 194 Å². The molecular formula is C54H32. The standard InChI is InChI=1S/C54H32/c1-3-15-35(16-4-1)45-31-47-49(39-27-25-33-13-7-9-19-37(33)29-39)44-24-12-22-42-46(36-17-5-2-6-18-36)32-48-50(40-28-26-34-14-8-10-20-38(34)30-40)43-23-11-21-41(45)51(43)53(47)54(48)52(42)44/h1-32H. The highest BCUT2D eigenvalue weighted by Gasteiger charge is 2.26. The third-order valence-electron chi connectivity index (χ3n) is 11.9. The average Bonchev–Trinajstić information content (AvgIpc) is 3.24. The molecule has 0 saturated carbocycles. The van der Waals surface area contributed by atoms with Crippen LogP contribution in [0.15, 0.2) is 194 Å². The van der Waals surface area contributed by atoms with E-state index in [-0.39, 0.29) is 0 Å². The summed E-state index contributed by atoms with van der Waals surface area (Å²) in [5, 5.41) is 18.2. The monoisotopic (exact) mass is 680 g/mol. The Kier molecular flexibility index (Phi) is 6.15. The van der Waals surface area contributed by atoms with E-state index < -0.39 is 0 Å². The van der Waals surface area contributed by atoms with Crippen LogP contribution in [0, 0.1) is 0 Å². The maximum absolute atomic E-state index is 2.50. The van der Waals surface area contributed by atoms with Crippen molar-refractivity contribution in [2.75, 3.05) is 0 Å². The van der Waals surface area contributed by atoms with Crippen LogP contribution >= 0.6 is 0 Å². The molecule has 0 nitrogen and oxygen atoms in total. The zero-order valence-corrected chi connectivity index (χ0v) is 29.5. The molecule has 0 aliphatic heterocycles. The summed E-state index contributed by atoms with van der Waals surface area (Å²) in [5.41, 5.74) is 10.1. The normalized spacial score (nSPS) is 12.1. The van der Waals surface area contributed by atoms with Crippen LogP contribution in [0.5, 0.6) is 0 Å². The number of fused-ring (bicyclic) bond motifs is 2. The summed E-state index contributed by atoms with van der Waals surface area (Å²) in [4.78, 5) is 0. The van der Waals surface area contributed by atoms with Gasteiger partial charge in [0.1, 0.15) is 0 Å². The molecule has 54 heavy (non-hydrogen) atoms. The van der Waals surface area contributed by atoms with Gasteiger partial charge in [-0.3, -0.25) is 0 Å². The summed E-state index contributed by atoms with van der Waals surface area (Å²) < 4.78 is 0. The van der Waals surface area contributed by atoms with Gasteiger partial charge < -0.3 is 0 Å². The summed E-state index contributed by atoms with van der Waals surface area (Å²) in [5.74, 6) is 0. The lowest BCUT2D eigenvalue weighted by Gasteiger charge is -2.26. The van der Waals surface area contributed by atoms with Crippen LogP contribution in [0.1, 0.15) is 0 Å². The van der Waals surface area contributed by atoms with E-state index in [0.717, 1.165) is 0 Å². The van der Waals surface area contributed by atoms with E-state index in [1.54, 1.807) is 0 Å². The van der Waals surface area contributed by atoms with Gasteiger partial charge in [0.25, 0.3) is 0 Å². The van der Waals surface area contributed by atoms with Crippen LogP contribution in [0.2, 0.25) is 0 Å². The van der Waals surface area contributed by atoms with Crippen molar-refractivity contribution in [3.63, 3.8) is 0 Å². The van der Waals surface area contributed by atoms with E-state index in [1.165, 1.54) is 120 Å². The van der Waals surface area contributed by atoms with Gasteiger partial charge in [-0.2, -0.15) is 0 Å². The van der Waals surface area contributed by atoms with Crippen molar-refractivity contribution in [2.24, 2.45) is 0 Å². The lowest BCUT2D eigenvalue weighted by Crippen LogP contribution is -1.98. The molecule has 0 heterocycles. The van der Waals surface area contributed by atoms with Gasteiger partial charge >= 0.3 is 0 Å². The van der Waals surface area contributed by atoms with Gasteiger partial charge in [0.15, 0.2) is 0 Å². The second kappa shape index (κ2) is 11.2. The number of benzene rings is 12. The Bertz CT molecular complexity index is 3180. The Hall–Kier alpha value is -7.02. The van der Waals surface area contributed by atoms with E-state index in [4.69, 9.17) is 0 Å². The fourth-order valence-corrected chi connectivity index (χ4v) is 9.60. The van der Waals surface area contributed by atoms with Gasteiger partial charge in [0, 0.05) is 0 Å². The maximum atomic E-state index is 2.50. The van der Waals surface area contributed by atoms with Crippen molar-refractivity contribution in [1.82, 2.24) is 0 Å². The van der Waals surface area contributed by atoms with E-state index in [2.05, 4.69) is 194 Å². The number of hydrogen-bond acceptors (Lipinski definition) is 0.